The lowest BCUT2D eigenvalue weighted by molar-refractivity contribution is -0.0594. The van der Waals surface area contributed by atoms with E-state index in [2.05, 4.69) is 40.7 Å². The van der Waals surface area contributed by atoms with E-state index in [0.29, 0.717) is 62.5 Å². The van der Waals surface area contributed by atoms with Gasteiger partial charge in [-0.25, -0.2) is 4.79 Å². The highest BCUT2D eigenvalue weighted by molar-refractivity contribution is 6.41. The van der Waals surface area contributed by atoms with E-state index in [9.17, 15) is 4.79 Å². The lowest BCUT2D eigenvalue weighted by Crippen LogP contribution is -2.51. The quantitative estimate of drug-likeness (QED) is 0.203. The summed E-state index contributed by atoms with van der Waals surface area (Å²) in [5, 5.41) is 0.237. The van der Waals surface area contributed by atoms with Gasteiger partial charge in [0.25, 0.3) is 0 Å². The van der Waals surface area contributed by atoms with Gasteiger partial charge in [0.1, 0.15) is 36.4 Å². The lowest BCUT2D eigenvalue weighted by Gasteiger charge is -2.58. The molecule has 1 aromatic carbocycles. The van der Waals surface area contributed by atoms with E-state index in [-0.39, 0.29) is 40.3 Å². The smallest absolute Gasteiger partial charge is 0.341 e. The summed E-state index contributed by atoms with van der Waals surface area (Å²) in [4.78, 5) is 13.9. The van der Waals surface area contributed by atoms with Crippen molar-refractivity contribution in [3.63, 3.8) is 0 Å². The molecule has 0 N–H and O–H groups in total. The first-order valence-corrected chi connectivity index (χ1v) is 20.7. The molecule has 9 heteroatoms. The molecule has 6 rings (SSSR count). The van der Waals surface area contributed by atoms with Crippen LogP contribution < -0.4 is 9.47 Å². The van der Waals surface area contributed by atoms with Crippen LogP contribution in [0, 0.1) is 46.3 Å². The maximum atomic E-state index is 13.9. The van der Waals surface area contributed by atoms with Crippen molar-refractivity contribution in [2.75, 3.05) is 52.9 Å². The monoisotopic (exact) mass is 748 g/mol. The Morgan fingerprint density at radius 3 is 2.08 bits per heavy atom. The topological polar surface area (TPSA) is 72.5 Å². The molecule has 3 fully saturated rings. The molecule has 1 aliphatic heterocycles. The Kier molecular flexibility index (Phi) is 13.3. The number of benzene rings is 1. The van der Waals surface area contributed by atoms with Crippen molar-refractivity contribution in [1.82, 2.24) is 0 Å². The molecule has 0 radical (unpaired) electrons. The Balaban J connectivity index is 1.12. The standard InChI is InChI=1S/C42H62Cl2O7/c1-27(2)7-6-8-28(3)32-11-12-33-31-10-9-29-25-30(13-15-41(29,4)34(31)14-16-42(32,33)5)51-40(45)37-38(43)35-26-36(39(37)44)50-24-22-48-20-18-46-17-19-47-21-23-49-35/h9,26-28,30-34H,6-8,10-25H2,1-5H3/t28-,30?,31+,32-,33+,34+,41+,42-/m1/s1. The third kappa shape index (κ3) is 8.58. The van der Waals surface area contributed by atoms with Crippen molar-refractivity contribution in [3.8, 4) is 11.5 Å². The number of ether oxygens (including phenoxy) is 6. The molecule has 1 heterocycles. The van der Waals surface area contributed by atoms with E-state index in [1.165, 1.54) is 50.5 Å². The fourth-order valence-corrected chi connectivity index (χ4v) is 11.5. The first kappa shape index (κ1) is 39.2. The zero-order chi connectivity index (χ0) is 36.2. The van der Waals surface area contributed by atoms with Gasteiger partial charge >= 0.3 is 5.97 Å². The molecule has 8 atom stereocenters. The fourth-order valence-electron chi connectivity index (χ4n) is 10.9. The second-order valence-electron chi connectivity index (χ2n) is 17.0. The minimum absolute atomic E-state index is 0.0778. The Morgan fingerprint density at radius 1 is 0.824 bits per heavy atom. The van der Waals surface area contributed by atoms with Gasteiger partial charge in [0.15, 0.2) is 0 Å². The molecule has 0 spiro atoms. The van der Waals surface area contributed by atoms with Gasteiger partial charge in [0.05, 0.1) is 49.7 Å². The molecule has 0 amide bonds. The van der Waals surface area contributed by atoms with Gasteiger partial charge in [0.2, 0.25) is 0 Å². The summed E-state index contributed by atoms with van der Waals surface area (Å²) < 4.78 is 34.8. The summed E-state index contributed by atoms with van der Waals surface area (Å²) >= 11 is 13.6. The summed E-state index contributed by atoms with van der Waals surface area (Å²) in [7, 11) is 0. The average Bonchev–Trinajstić information content (AvgIpc) is 3.45. The largest absolute Gasteiger partial charge is 0.489 e. The van der Waals surface area contributed by atoms with Crippen LogP contribution in [0.4, 0.5) is 0 Å². The SMILES string of the molecule is CC(C)CCC[C@@H](C)[C@H]1CC[C@H]2[C@@H]3CC=C4CC(OC(=O)c5c(Cl)c6cc(c5Cl)OCCOCCOCCOCCO6)CC[C@]4(C)[C@H]3CC[C@]12C. The van der Waals surface area contributed by atoms with Gasteiger partial charge < -0.3 is 28.4 Å². The maximum absolute atomic E-state index is 13.9. The molecule has 286 valence electrons. The van der Waals surface area contributed by atoms with Crippen LogP contribution in [0.5, 0.6) is 11.5 Å². The van der Waals surface area contributed by atoms with Crippen molar-refractivity contribution >= 4 is 29.2 Å². The third-order valence-electron chi connectivity index (χ3n) is 13.6. The van der Waals surface area contributed by atoms with E-state index in [1.54, 1.807) is 6.07 Å². The van der Waals surface area contributed by atoms with Crippen LogP contribution in [0.1, 0.15) is 116 Å². The first-order chi connectivity index (χ1) is 24.5. The summed E-state index contributed by atoms with van der Waals surface area (Å²) in [6.45, 7) is 15.4. The van der Waals surface area contributed by atoms with Crippen molar-refractivity contribution in [2.24, 2.45) is 46.3 Å². The predicted octanol–water partition coefficient (Wildman–Crippen LogP) is 10.4. The average molecular weight is 750 g/mol. The van der Waals surface area contributed by atoms with Gasteiger partial charge in [-0.2, -0.15) is 0 Å². The van der Waals surface area contributed by atoms with Crippen molar-refractivity contribution < 1.29 is 33.2 Å². The molecule has 51 heavy (non-hydrogen) atoms. The van der Waals surface area contributed by atoms with Crippen molar-refractivity contribution in [1.29, 1.82) is 0 Å². The number of allylic oxidation sites excluding steroid dienone is 1. The van der Waals surface area contributed by atoms with Gasteiger partial charge in [-0.05, 0) is 91.3 Å². The molecular weight excluding hydrogens is 687 g/mol. The molecule has 0 aromatic heterocycles. The number of fused-ring (bicyclic) bond motifs is 7. The Bertz CT molecular complexity index is 1340. The van der Waals surface area contributed by atoms with Crippen LogP contribution in [0.25, 0.3) is 0 Å². The molecule has 2 bridgehead atoms. The highest BCUT2D eigenvalue weighted by Crippen LogP contribution is 2.67. The Labute approximate surface area is 316 Å². The number of carbonyl (C=O) groups is 1. The van der Waals surface area contributed by atoms with Crippen LogP contribution >= 0.6 is 23.2 Å². The third-order valence-corrected chi connectivity index (χ3v) is 14.3. The highest BCUT2D eigenvalue weighted by atomic mass is 35.5. The van der Waals surface area contributed by atoms with Crippen LogP contribution in [-0.4, -0.2) is 64.9 Å². The van der Waals surface area contributed by atoms with E-state index >= 15 is 0 Å². The number of esters is 1. The van der Waals surface area contributed by atoms with E-state index in [4.69, 9.17) is 51.6 Å². The second kappa shape index (κ2) is 17.3. The van der Waals surface area contributed by atoms with Crippen LogP contribution in [-0.2, 0) is 18.9 Å². The van der Waals surface area contributed by atoms with Crippen molar-refractivity contribution in [2.45, 2.75) is 111 Å². The number of hydrogen-bond acceptors (Lipinski definition) is 7. The lowest BCUT2D eigenvalue weighted by atomic mass is 9.47. The number of halogens is 2. The van der Waals surface area contributed by atoms with E-state index in [0.717, 1.165) is 55.3 Å². The fraction of sp³-hybridized carbons (Fsp3) is 0.786. The zero-order valence-electron chi connectivity index (χ0n) is 31.7. The molecule has 5 aliphatic rings. The second-order valence-corrected chi connectivity index (χ2v) is 17.7. The number of rotatable bonds is 7. The molecule has 1 aromatic rings. The van der Waals surface area contributed by atoms with E-state index < -0.39 is 5.97 Å². The number of carbonyl (C=O) groups excluding carboxylic acids is 1. The molecule has 3 saturated carbocycles. The maximum Gasteiger partial charge on any atom is 0.341 e. The zero-order valence-corrected chi connectivity index (χ0v) is 33.3. The molecular formula is C42H62Cl2O7. The molecule has 7 nitrogen and oxygen atoms in total. The summed E-state index contributed by atoms with van der Waals surface area (Å²) in [6.07, 6.45) is 15.6. The molecule has 1 unspecified atom stereocenters. The highest BCUT2D eigenvalue weighted by Gasteiger charge is 2.59. The summed E-state index contributed by atoms with van der Waals surface area (Å²) in [6, 6.07) is 1.63. The minimum atomic E-state index is -0.546. The van der Waals surface area contributed by atoms with Gasteiger partial charge in [0, 0.05) is 12.5 Å². The molecule has 4 aliphatic carbocycles. The number of hydrogen-bond donors (Lipinski definition) is 0. The van der Waals surface area contributed by atoms with Crippen LogP contribution in [0.15, 0.2) is 17.7 Å². The Morgan fingerprint density at radius 2 is 1.45 bits per heavy atom. The first-order valence-electron chi connectivity index (χ1n) is 19.9. The van der Waals surface area contributed by atoms with Gasteiger partial charge in [-0.3, -0.25) is 0 Å². The van der Waals surface area contributed by atoms with Crippen LogP contribution in [0.2, 0.25) is 10.0 Å². The van der Waals surface area contributed by atoms with Crippen LogP contribution in [0.3, 0.4) is 0 Å². The normalized spacial score (nSPS) is 33.9. The minimum Gasteiger partial charge on any atom is -0.489 e. The molecule has 0 saturated heterocycles. The predicted molar refractivity (Wildman–Crippen MR) is 202 cm³/mol. The van der Waals surface area contributed by atoms with E-state index in [1.807, 2.05) is 0 Å². The summed E-state index contributed by atoms with van der Waals surface area (Å²) in [5.41, 5.74) is 2.18. The van der Waals surface area contributed by atoms with Crippen molar-refractivity contribution in [3.05, 3.63) is 33.3 Å². The van der Waals surface area contributed by atoms with Gasteiger partial charge in [-0.1, -0.05) is 88.7 Å². The van der Waals surface area contributed by atoms with Gasteiger partial charge in [-0.15, -0.1) is 0 Å². The Hall–Kier alpha value is -1.51. The summed E-state index contributed by atoms with van der Waals surface area (Å²) in [5.74, 6) is 4.81.